The maximum absolute atomic E-state index is 12.3. The fraction of sp³-hybridized carbons (Fsp3) is 0.250. The van der Waals surface area contributed by atoms with E-state index in [0.717, 1.165) is 21.5 Å². The van der Waals surface area contributed by atoms with Crippen molar-refractivity contribution in [3.8, 4) is 0 Å². The van der Waals surface area contributed by atoms with Crippen LogP contribution in [0.5, 0.6) is 0 Å². The molecule has 0 aliphatic carbocycles. The molecule has 0 saturated carbocycles. The number of anilines is 1. The van der Waals surface area contributed by atoms with Crippen molar-refractivity contribution in [3.05, 3.63) is 27.5 Å². The van der Waals surface area contributed by atoms with Gasteiger partial charge in [0.1, 0.15) is 16.2 Å². The Bertz CT molecular complexity index is 794. The first kappa shape index (κ1) is 13.1. The lowest BCUT2D eigenvalue weighted by atomic mass is 10.1. The minimum Gasteiger partial charge on any atom is -0.296 e. The predicted octanol–water partition coefficient (Wildman–Crippen LogP) is 2.72. The maximum atomic E-state index is 12.3. The number of carbonyl (C=O) groups excluding carboxylic acids is 1. The van der Waals surface area contributed by atoms with E-state index in [1.54, 1.807) is 5.51 Å². The molecule has 0 spiro atoms. The van der Waals surface area contributed by atoms with Crippen LogP contribution in [-0.2, 0) is 0 Å². The van der Waals surface area contributed by atoms with E-state index in [0.29, 0.717) is 15.8 Å². The minimum absolute atomic E-state index is 0.181. The van der Waals surface area contributed by atoms with Gasteiger partial charge < -0.3 is 0 Å². The van der Waals surface area contributed by atoms with Gasteiger partial charge in [0.05, 0.1) is 4.88 Å². The SMILES string of the molecule is Cc1nc(C)c2c(C)c(C(=O)Nc3nncs3)sc2n1. The van der Waals surface area contributed by atoms with Crippen LogP contribution in [0.15, 0.2) is 5.51 Å². The van der Waals surface area contributed by atoms with Crippen molar-refractivity contribution < 1.29 is 4.79 Å². The normalized spacial score (nSPS) is 10.9. The molecule has 3 rings (SSSR count). The number of fused-ring (bicyclic) bond motifs is 1. The molecule has 20 heavy (non-hydrogen) atoms. The average Bonchev–Trinajstić information content (AvgIpc) is 2.97. The van der Waals surface area contributed by atoms with Crippen LogP contribution < -0.4 is 5.32 Å². The lowest BCUT2D eigenvalue weighted by Crippen LogP contribution is -2.11. The summed E-state index contributed by atoms with van der Waals surface area (Å²) in [6.45, 7) is 5.70. The Labute approximate surface area is 122 Å². The van der Waals surface area contributed by atoms with Gasteiger partial charge in [0.25, 0.3) is 5.91 Å². The number of aromatic nitrogens is 4. The first-order valence-corrected chi connectivity index (χ1v) is 7.57. The topological polar surface area (TPSA) is 80.7 Å². The maximum Gasteiger partial charge on any atom is 0.267 e. The van der Waals surface area contributed by atoms with Crippen molar-refractivity contribution in [2.24, 2.45) is 0 Å². The zero-order valence-electron chi connectivity index (χ0n) is 11.1. The largest absolute Gasteiger partial charge is 0.296 e. The second kappa shape index (κ2) is 4.88. The van der Waals surface area contributed by atoms with Gasteiger partial charge in [-0.15, -0.1) is 21.5 Å². The molecular formula is C12H11N5OS2. The Morgan fingerprint density at radius 3 is 2.75 bits per heavy atom. The molecule has 102 valence electrons. The molecule has 0 aromatic carbocycles. The molecule has 1 N–H and O–H groups in total. The van der Waals surface area contributed by atoms with E-state index in [1.807, 2.05) is 20.8 Å². The minimum atomic E-state index is -0.181. The van der Waals surface area contributed by atoms with Gasteiger partial charge in [-0.25, -0.2) is 9.97 Å². The smallest absolute Gasteiger partial charge is 0.267 e. The van der Waals surface area contributed by atoms with Gasteiger partial charge in [0, 0.05) is 11.1 Å². The number of hydrogen-bond acceptors (Lipinski definition) is 7. The molecule has 0 atom stereocenters. The van der Waals surface area contributed by atoms with Crippen LogP contribution in [0.25, 0.3) is 10.2 Å². The Morgan fingerprint density at radius 1 is 1.25 bits per heavy atom. The summed E-state index contributed by atoms with van der Waals surface area (Å²) in [6.07, 6.45) is 0. The van der Waals surface area contributed by atoms with Gasteiger partial charge in [-0.2, -0.15) is 0 Å². The number of rotatable bonds is 2. The number of hydrogen-bond donors (Lipinski definition) is 1. The van der Waals surface area contributed by atoms with Gasteiger partial charge in [0.2, 0.25) is 5.13 Å². The number of carbonyl (C=O) groups is 1. The second-order valence-electron chi connectivity index (χ2n) is 4.29. The number of aryl methyl sites for hydroxylation is 3. The van der Waals surface area contributed by atoms with E-state index in [1.165, 1.54) is 22.7 Å². The van der Waals surface area contributed by atoms with E-state index in [4.69, 9.17) is 0 Å². The molecule has 6 nitrogen and oxygen atoms in total. The van der Waals surface area contributed by atoms with Gasteiger partial charge in [0.15, 0.2) is 0 Å². The lowest BCUT2D eigenvalue weighted by molar-refractivity contribution is 0.103. The zero-order valence-corrected chi connectivity index (χ0v) is 12.7. The first-order valence-electron chi connectivity index (χ1n) is 5.88. The van der Waals surface area contributed by atoms with Crippen molar-refractivity contribution in [3.63, 3.8) is 0 Å². The first-order chi connectivity index (χ1) is 9.56. The van der Waals surface area contributed by atoms with Crippen molar-refractivity contribution in [1.29, 1.82) is 0 Å². The summed E-state index contributed by atoms with van der Waals surface area (Å²) < 4.78 is 0. The predicted molar refractivity (Wildman–Crippen MR) is 79.5 cm³/mol. The Hall–Kier alpha value is -1.93. The molecule has 0 fully saturated rings. The van der Waals surface area contributed by atoms with Gasteiger partial charge in [-0.3, -0.25) is 10.1 Å². The van der Waals surface area contributed by atoms with Gasteiger partial charge in [-0.1, -0.05) is 11.3 Å². The number of nitrogens with one attached hydrogen (secondary N) is 1. The van der Waals surface area contributed by atoms with Crippen LogP contribution in [0, 0.1) is 20.8 Å². The molecule has 3 aromatic heterocycles. The van der Waals surface area contributed by atoms with Crippen molar-refractivity contribution >= 4 is 43.9 Å². The number of nitrogens with zero attached hydrogens (tertiary/aromatic N) is 4. The van der Waals surface area contributed by atoms with Crippen LogP contribution in [-0.4, -0.2) is 26.1 Å². The zero-order chi connectivity index (χ0) is 14.3. The summed E-state index contributed by atoms with van der Waals surface area (Å²) in [6, 6.07) is 0. The summed E-state index contributed by atoms with van der Waals surface area (Å²) in [5.41, 5.74) is 3.38. The van der Waals surface area contributed by atoms with Crippen molar-refractivity contribution in [1.82, 2.24) is 20.2 Å². The Balaban J connectivity index is 2.06. The van der Waals surface area contributed by atoms with Gasteiger partial charge >= 0.3 is 0 Å². The Morgan fingerprint density at radius 2 is 2.05 bits per heavy atom. The quantitative estimate of drug-likeness (QED) is 0.787. The summed E-state index contributed by atoms with van der Waals surface area (Å²) >= 11 is 2.66. The van der Waals surface area contributed by atoms with E-state index in [9.17, 15) is 4.79 Å². The molecular weight excluding hydrogens is 294 g/mol. The molecule has 3 aromatic rings. The average molecular weight is 305 g/mol. The molecule has 0 aliphatic rings. The van der Waals surface area contributed by atoms with Crippen LogP contribution in [0.4, 0.5) is 5.13 Å². The van der Waals surface area contributed by atoms with Gasteiger partial charge in [-0.05, 0) is 26.3 Å². The standard InChI is InChI=1S/C12H11N5OS2/c1-5-8-6(2)14-7(3)15-11(8)20-9(5)10(18)16-12-17-13-4-19-12/h4H,1-3H3,(H,16,17,18). The fourth-order valence-corrected chi connectivity index (χ4v) is 3.68. The third kappa shape index (κ3) is 2.16. The number of thiophene rings is 1. The van der Waals surface area contributed by atoms with Crippen LogP contribution in [0.2, 0.25) is 0 Å². The van der Waals surface area contributed by atoms with Crippen LogP contribution >= 0.6 is 22.7 Å². The third-order valence-electron chi connectivity index (χ3n) is 2.87. The van der Waals surface area contributed by atoms with Crippen molar-refractivity contribution in [2.75, 3.05) is 5.32 Å². The highest BCUT2D eigenvalue weighted by atomic mass is 32.1. The molecule has 3 heterocycles. The molecule has 1 amide bonds. The summed E-state index contributed by atoms with van der Waals surface area (Å²) in [4.78, 5) is 22.5. The second-order valence-corrected chi connectivity index (χ2v) is 6.12. The fourth-order valence-electron chi connectivity index (χ4n) is 2.07. The third-order valence-corrected chi connectivity index (χ3v) is 4.66. The molecule has 8 heteroatoms. The Kier molecular flexibility index (Phi) is 3.19. The highest BCUT2D eigenvalue weighted by Gasteiger charge is 2.19. The van der Waals surface area contributed by atoms with E-state index in [-0.39, 0.29) is 5.91 Å². The summed E-state index contributed by atoms with van der Waals surface area (Å²) in [5.74, 6) is 0.534. The highest BCUT2D eigenvalue weighted by Crippen LogP contribution is 2.31. The molecule has 0 saturated heterocycles. The van der Waals surface area contributed by atoms with Crippen LogP contribution in [0.3, 0.4) is 0 Å². The molecule has 0 bridgehead atoms. The summed E-state index contributed by atoms with van der Waals surface area (Å²) in [7, 11) is 0. The van der Waals surface area contributed by atoms with Crippen molar-refractivity contribution in [2.45, 2.75) is 20.8 Å². The summed E-state index contributed by atoms with van der Waals surface area (Å²) in [5, 5.41) is 11.7. The van der Waals surface area contributed by atoms with E-state index >= 15 is 0 Å². The lowest BCUT2D eigenvalue weighted by Gasteiger charge is -2.00. The monoisotopic (exact) mass is 305 g/mol. The molecule has 0 radical (unpaired) electrons. The van der Waals surface area contributed by atoms with Crippen LogP contribution in [0.1, 0.15) is 26.8 Å². The number of amides is 1. The highest BCUT2D eigenvalue weighted by molar-refractivity contribution is 7.21. The molecule has 0 unspecified atom stereocenters. The molecule has 0 aliphatic heterocycles. The van der Waals surface area contributed by atoms with E-state index in [2.05, 4.69) is 25.5 Å². The van der Waals surface area contributed by atoms with E-state index < -0.39 is 0 Å².